The first-order chi connectivity index (χ1) is 7.72. The van der Waals surface area contributed by atoms with Gasteiger partial charge in [-0.2, -0.15) is 0 Å². The second-order valence-corrected chi connectivity index (χ2v) is 3.64. The normalized spacial score (nSPS) is 15.2. The molecule has 1 saturated heterocycles. The Hall–Kier alpha value is -1.85. The average molecular weight is 223 g/mol. The standard InChI is InChI=1S/C10H13N3O3/c1-16-9(15)7-6-11-10(12-8(7)14)13-4-2-3-5-13/h6H,2-5H2,1H3,(H,11,12,14). The number of nitrogens with zero attached hydrogens (tertiary/aromatic N) is 2. The molecular formula is C10H13N3O3. The molecule has 0 bridgehead atoms. The Morgan fingerprint density at radius 3 is 2.75 bits per heavy atom. The Bertz CT molecular complexity index is 449. The van der Waals surface area contributed by atoms with Crippen molar-refractivity contribution in [2.75, 3.05) is 25.1 Å². The molecule has 1 aromatic heterocycles. The number of anilines is 1. The lowest BCUT2D eigenvalue weighted by molar-refractivity contribution is 0.0598. The number of carbonyl (C=O) groups is 1. The summed E-state index contributed by atoms with van der Waals surface area (Å²) < 4.78 is 4.47. The van der Waals surface area contributed by atoms with Crippen LogP contribution in [0.15, 0.2) is 11.0 Å². The van der Waals surface area contributed by atoms with Crippen LogP contribution in [0.2, 0.25) is 0 Å². The van der Waals surface area contributed by atoms with Crippen LogP contribution in [0.5, 0.6) is 0 Å². The van der Waals surface area contributed by atoms with Crippen LogP contribution in [0.1, 0.15) is 23.2 Å². The van der Waals surface area contributed by atoms with Crippen LogP contribution >= 0.6 is 0 Å². The first kappa shape index (κ1) is 10.7. The zero-order valence-corrected chi connectivity index (χ0v) is 9.02. The molecule has 0 unspecified atom stereocenters. The first-order valence-electron chi connectivity index (χ1n) is 5.15. The summed E-state index contributed by atoms with van der Waals surface area (Å²) in [6.07, 6.45) is 3.46. The van der Waals surface area contributed by atoms with E-state index in [-0.39, 0.29) is 5.56 Å². The smallest absolute Gasteiger partial charge is 0.345 e. The van der Waals surface area contributed by atoms with Crippen molar-refractivity contribution >= 4 is 11.9 Å². The molecular weight excluding hydrogens is 210 g/mol. The third-order valence-electron chi connectivity index (χ3n) is 2.60. The lowest BCUT2D eigenvalue weighted by Crippen LogP contribution is -2.26. The van der Waals surface area contributed by atoms with Crippen molar-refractivity contribution in [1.29, 1.82) is 0 Å². The molecule has 1 aromatic rings. The van der Waals surface area contributed by atoms with E-state index in [1.165, 1.54) is 13.3 Å². The summed E-state index contributed by atoms with van der Waals surface area (Å²) >= 11 is 0. The monoisotopic (exact) mass is 223 g/mol. The Morgan fingerprint density at radius 2 is 2.19 bits per heavy atom. The van der Waals surface area contributed by atoms with Gasteiger partial charge in [-0.15, -0.1) is 0 Å². The van der Waals surface area contributed by atoms with E-state index in [1.54, 1.807) is 0 Å². The van der Waals surface area contributed by atoms with Crippen molar-refractivity contribution in [2.24, 2.45) is 0 Å². The number of aromatic nitrogens is 2. The minimum atomic E-state index is -0.665. The molecule has 0 amide bonds. The maximum absolute atomic E-state index is 11.6. The van der Waals surface area contributed by atoms with Gasteiger partial charge in [-0.05, 0) is 12.8 Å². The Kier molecular flexibility index (Phi) is 2.89. The van der Waals surface area contributed by atoms with E-state index < -0.39 is 11.5 Å². The van der Waals surface area contributed by atoms with Gasteiger partial charge in [-0.25, -0.2) is 9.78 Å². The van der Waals surface area contributed by atoms with E-state index in [4.69, 9.17) is 0 Å². The number of rotatable bonds is 2. The lowest BCUT2D eigenvalue weighted by atomic mass is 10.3. The highest BCUT2D eigenvalue weighted by Gasteiger charge is 2.17. The molecule has 1 aliphatic rings. The second kappa shape index (κ2) is 4.34. The van der Waals surface area contributed by atoms with Gasteiger partial charge in [0.1, 0.15) is 5.56 Å². The van der Waals surface area contributed by atoms with Gasteiger partial charge in [0.05, 0.1) is 13.3 Å². The number of aromatic amines is 1. The van der Waals surface area contributed by atoms with Crippen LogP contribution in [0.3, 0.4) is 0 Å². The molecule has 2 heterocycles. The SMILES string of the molecule is COC(=O)c1cnc(N2CCCC2)[nH]c1=O. The van der Waals surface area contributed by atoms with Crippen LogP contribution in [0, 0.1) is 0 Å². The van der Waals surface area contributed by atoms with Gasteiger partial charge >= 0.3 is 5.97 Å². The summed E-state index contributed by atoms with van der Waals surface area (Å²) in [4.78, 5) is 31.4. The average Bonchev–Trinajstić information content (AvgIpc) is 2.81. The molecule has 0 atom stereocenters. The van der Waals surface area contributed by atoms with Crippen molar-refractivity contribution in [3.63, 3.8) is 0 Å². The van der Waals surface area contributed by atoms with E-state index in [0.717, 1.165) is 25.9 Å². The number of ether oxygens (including phenoxy) is 1. The maximum Gasteiger partial charge on any atom is 0.345 e. The number of hydrogen-bond acceptors (Lipinski definition) is 5. The number of hydrogen-bond donors (Lipinski definition) is 1. The number of H-pyrrole nitrogens is 1. The Morgan fingerprint density at radius 1 is 1.50 bits per heavy atom. The minimum absolute atomic E-state index is 0.0644. The molecule has 1 aliphatic heterocycles. The quantitative estimate of drug-likeness (QED) is 0.723. The molecule has 0 aromatic carbocycles. The highest BCUT2D eigenvalue weighted by Crippen LogP contribution is 2.13. The van der Waals surface area contributed by atoms with E-state index in [9.17, 15) is 9.59 Å². The van der Waals surface area contributed by atoms with Gasteiger partial charge in [-0.3, -0.25) is 9.78 Å². The summed E-state index contributed by atoms with van der Waals surface area (Å²) in [5.74, 6) is -0.142. The van der Waals surface area contributed by atoms with Crippen LogP contribution < -0.4 is 10.5 Å². The molecule has 16 heavy (non-hydrogen) atoms. The Balaban J connectivity index is 2.28. The van der Waals surface area contributed by atoms with Crippen LogP contribution in [-0.2, 0) is 4.74 Å². The van der Waals surface area contributed by atoms with E-state index in [1.807, 2.05) is 4.90 Å². The molecule has 0 spiro atoms. The topological polar surface area (TPSA) is 75.3 Å². The third-order valence-corrected chi connectivity index (χ3v) is 2.60. The number of methoxy groups -OCH3 is 1. The predicted molar refractivity (Wildman–Crippen MR) is 57.6 cm³/mol. The minimum Gasteiger partial charge on any atom is -0.465 e. The van der Waals surface area contributed by atoms with Crippen molar-refractivity contribution in [3.05, 3.63) is 22.1 Å². The van der Waals surface area contributed by atoms with Gasteiger partial charge in [0.2, 0.25) is 5.95 Å². The highest BCUT2D eigenvalue weighted by molar-refractivity contribution is 5.88. The van der Waals surface area contributed by atoms with E-state index in [0.29, 0.717) is 5.95 Å². The summed E-state index contributed by atoms with van der Waals surface area (Å²) in [6.45, 7) is 1.78. The van der Waals surface area contributed by atoms with Gasteiger partial charge in [0, 0.05) is 13.1 Å². The lowest BCUT2D eigenvalue weighted by Gasteiger charge is -2.14. The summed E-state index contributed by atoms with van der Waals surface area (Å²) in [7, 11) is 1.23. The second-order valence-electron chi connectivity index (χ2n) is 3.64. The maximum atomic E-state index is 11.6. The van der Waals surface area contributed by atoms with Crippen LogP contribution in [0.4, 0.5) is 5.95 Å². The third kappa shape index (κ3) is 1.91. The van der Waals surface area contributed by atoms with Gasteiger partial charge in [0.25, 0.3) is 5.56 Å². The summed E-state index contributed by atoms with van der Waals surface area (Å²) in [5, 5.41) is 0. The Labute approximate surface area is 92.3 Å². The zero-order valence-electron chi connectivity index (χ0n) is 9.02. The predicted octanol–water partition coefficient (Wildman–Crippen LogP) is 0.157. The molecule has 0 aliphatic carbocycles. The molecule has 6 heteroatoms. The molecule has 86 valence electrons. The van der Waals surface area contributed by atoms with Crippen molar-refractivity contribution in [3.8, 4) is 0 Å². The molecule has 0 saturated carbocycles. The number of nitrogens with one attached hydrogen (secondary N) is 1. The first-order valence-corrected chi connectivity index (χ1v) is 5.15. The van der Waals surface area contributed by atoms with E-state index in [2.05, 4.69) is 14.7 Å². The molecule has 6 nitrogen and oxygen atoms in total. The molecule has 0 radical (unpaired) electrons. The van der Waals surface area contributed by atoms with Crippen molar-refractivity contribution in [1.82, 2.24) is 9.97 Å². The largest absolute Gasteiger partial charge is 0.465 e. The molecule has 1 fully saturated rings. The van der Waals surface area contributed by atoms with Crippen LogP contribution in [0.25, 0.3) is 0 Å². The fourth-order valence-corrected chi connectivity index (χ4v) is 1.73. The van der Waals surface area contributed by atoms with Gasteiger partial charge in [0.15, 0.2) is 0 Å². The van der Waals surface area contributed by atoms with E-state index >= 15 is 0 Å². The van der Waals surface area contributed by atoms with Crippen molar-refractivity contribution < 1.29 is 9.53 Å². The fraction of sp³-hybridized carbons (Fsp3) is 0.500. The number of esters is 1. The summed E-state index contributed by atoms with van der Waals surface area (Å²) in [6, 6.07) is 0. The van der Waals surface area contributed by atoms with Crippen molar-refractivity contribution in [2.45, 2.75) is 12.8 Å². The molecule has 2 rings (SSSR count). The highest BCUT2D eigenvalue weighted by atomic mass is 16.5. The number of carbonyl (C=O) groups excluding carboxylic acids is 1. The van der Waals surface area contributed by atoms with Gasteiger partial charge in [-0.1, -0.05) is 0 Å². The van der Waals surface area contributed by atoms with Crippen LogP contribution in [-0.4, -0.2) is 36.1 Å². The summed E-state index contributed by atoms with van der Waals surface area (Å²) in [5.41, 5.74) is -0.519. The van der Waals surface area contributed by atoms with Gasteiger partial charge < -0.3 is 9.64 Å². The zero-order chi connectivity index (χ0) is 11.5. The fourth-order valence-electron chi connectivity index (χ4n) is 1.73. The molecule has 1 N–H and O–H groups in total.